The summed E-state index contributed by atoms with van der Waals surface area (Å²) in [5, 5.41) is 0. The van der Waals surface area contributed by atoms with Crippen molar-refractivity contribution in [1.29, 1.82) is 0 Å². The minimum atomic E-state index is -2.20. The van der Waals surface area contributed by atoms with E-state index >= 15 is 0 Å². The van der Waals surface area contributed by atoms with Crippen LogP contribution in [0, 0.1) is 0 Å². The Balaban J connectivity index is 1.42. The molecule has 0 fully saturated rings. The summed E-state index contributed by atoms with van der Waals surface area (Å²) < 4.78 is 45.4. The maximum absolute atomic E-state index is 14.7. The van der Waals surface area contributed by atoms with Gasteiger partial charge in [-0.25, -0.2) is 19.2 Å². The van der Waals surface area contributed by atoms with E-state index in [1.807, 2.05) is 0 Å². The number of hydrogen-bond acceptors (Lipinski definition) is 12. The van der Waals surface area contributed by atoms with Gasteiger partial charge in [0.15, 0.2) is 35.2 Å². The number of benzene rings is 6. The molecule has 0 spiro atoms. The topological polar surface area (TPSA) is 142 Å². The van der Waals surface area contributed by atoms with Crippen LogP contribution < -0.4 is 18.9 Å². The van der Waals surface area contributed by atoms with Crippen molar-refractivity contribution in [2.75, 3.05) is 28.4 Å². The van der Waals surface area contributed by atoms with Crippen molar-refractivity contribution in [3.05, 3.63) is 203 Å². The van der Waals surface area contributed by atoms with Gasteiger partial charge in [0.25, 0.3) is 0 Å². The molecule has 6 aromatic carbocycles. The summed E-state index contributed by atoms with van der Waals surface area (Å²) in [5.41, 5.74) is 3.31. The third kappa shape index (κ3) is 12.0. The molecular formula is C52H46O12. The van der Waals surface area contributed by atoms with Crippen molar-refractivity contribution < 1.29 is 57.1 Å². The fraction of sp³-hybridized carbons (Fsp3) is 0.154. The molecule has 0 unspecified atom stereocenters. The fourth-order valence-electron chi connectivity index (χ4n) is 6.57. The van der Waals surface area contributed by atoms with Crippen LogP contribution in [0.5, 0.6) is 23.0 Å². The minimum Gasteiger partial charge on any atom is -0.493 e. The molecule has 2 atom stereocenters. The lowest BCUT2D eigenvalue weighted by Gasteiger charge is -2.28. The van der Waals surface area contributed by atoms with Crippen molar-refractivity contribution in [1.82, 2.24) is 0 Å². The molecule has 0 aliphatic carbocycles. The van der Waals surface area contributed by atoms with E-state index in [1.54, 1.807) is 158 Å². The van der Waals surface area contributed by atoms with Gasteiger partial charge in [0.1, 0.15) is 0 Å². The van der Waals surface area contributed by atoms with E-state index in [9.17, 15) is 19.2 Å². The highest BCUT2D eigenvalue weighted by molar-refractivity contribution is 5.95. The fourth-order valence-corrected chi connectivity index (χ4v) is 6.57. The monoisotopic (exact) mass is 862 g/mol. The summed E-state index contributed by atoms with van der Waals surface area (Å²) in [6, 6.07) is 45.3. The molecule has 326 valence electrons. The second kappa shape index (κ2) is 22.6. The number of ether oxygens (including phenoxy) is 8. The summed E-state index contributed by atoms with van der Waals surface area (Å²) >= 11 is 0. The van der Waals surface area contributed by atoms with E-state index in [-0.39, 0.29) is 0 Å². The highest BCUT2D eigenvalue weighted by Crippen LogP contribution is 2.32. The SMILES string of the molecule is COc1ccc(/C=C/C(=O)O[C@H](C(=O)OC(c2ccccc2)c2ccccc2)[C@H](OC(=O)/C=C/c2ccc(OC)c(OC)c2)C(=O)OC(c2ccccc2)c2ccccc2)cc1OC. The average Bonchev–Trinajstić information content (AvgIpc) is 3.35. The summed E-state index contributed by atoms with van der Waals surface area (Å²) in [7, 11) is 5.92. The van der Waals surface area contributed by atoms with Gasteiger partial charge in [-0.3, -0.25) is 0 Å². The Morgan fingerprint density at radius 2 is 0.672 bits per heavy atom. The van der Waals surface area contributed by atoms with E-state index in [2.05, 4.69) is 0 Å². The first-order valence-electron chi connectivity index (χ1n) is 20.0. The van der Waals surface area contributed by atoms with Gasteiger partial charge in [0, 0.05) is 12.2 Å². The van der Waals surface area contributed by atoms with Gasteiger partial charge in [-0.1, -0.05) is 133 Å². The smallest absolute Gasteiger partial charge is 0.353 e. The molecule has 0 aliphatic rings. The molecule has 6 rings (SSSR count). The molecule has 0 radical (unpaired) electrons. The average molecular weight is 863 g/mol. The normalized spacial score (nSPS) is 12.0. The highest BCUT2D eigenvalue weighted by atomic mass is 16.6. The lowest BCUT2D eigenvalue weighted by Crippen LogP contribution is -2.47. The standard InChI is InChI=1S/C52H46O12/c1-57-41-29-25-35(33-43(41)59-3)27-31-45(53)61-49(51(55)63-47(37-17-9-5-10-18-37)38-19-11-6-12-20-38)50(62-46(54)32-28-36-26-30-42(58-2)44(34-36)60-4)52(56)64-48(39-21-13-7-14-22-39)40-23-15-8-16-24-40/h5-34,47-50H,1-4H3/b31-27+,32-28+/t49-,50-/m0/s1. The lowest BCUT2D eigenvalue weighted by atomic mass is 10.0. The first-order valence-corrected chi connectivity index (χ1v) is 20.0. The van der Waals surface area contributed by atoms with E-state index in [0.717, 1.165) is 12.2 Å². The van der Waals surface area contributed by atoms with Gasteiger partial charge >= 0.3 is 23.9 Å². The van der Waals surface area contributed by atoms with Crippen molar-refractivity contribution in [2.45, 2.75) is 24.4 Å². The summed E-state index contributed by atoms with van der Waals surface area (Å²) in [6.45, 7) is 0. The first kappa shape index (κ1) is 45.4. The van der Waals surface area contributed by atoms with Crippen molar-refractivity contribution in [2.24, 2.45) is 0 Å². The van der Waals surface area contributed by atoms with Gasteiger partial charge in [-0.2, -0.15) is 0 Å². The van der Waals surface area contributed by atoms with Crippen LogP contribution >= 0.6 is 0 Å². The minimum absolute atomic E-state index is 0.398. The van der Waals surface area contributed by atoms with Gasteiger partial charge < -0.3 is 37.9 Å². The van der Waals surface area contributed by atoms with Crippen LogP contribution in [0.25, 0.3) is 12.2 Å². The molecule has 0 aromatic heterocycles. The lowest BCUT2D eigenvalue weighted by molar-refractivity contribution is -0.191. The number of rotatable bonds is 19. The predicted octanol–water partition coefficient (Wildman–Crippen LogP) is 8.94. The Morgan fingerprint density at radius 3 is 0.953 bits per heavy atom. The summed E-state index contributed by atoms with van der Waals surface area (Å²) in [5.74, 6) is -2.85. The zero-order valence-electron chi connectivity index (χ0n) is 35.5. The maximum atomic E-state index is 14.7. The molecule has 0 bridgehead atoms. The van der Waals surface area contributed by atoms with Crippen LogP contribution in [-0.4, -0.2) is 64.5 Å². The Kier molecular flexibility index (Phi) is 16.1. The molecule has 12 nitrogen and oxygen atoms in total. The molecule has 12 heteroatoms. The number of carbonyl (C=O) groups is 4. The van der Waals surface area contributed by atoms with Crippen LogP contribution in [-0.2, 0) is 38.1 Å². The van der Waals surface area contributed by atoms with Gasteiger partial charge in [-0.05, 0) is 69.8 Å². The molecule has 0 saturated heterocycles. The van der Waals surface area contributed by atoms with Crippen LogP contribution in [0.1, 0.15) is 45.6 Å². The number of esters is 4. The molecule has 0 N–H and O–H groups in total. The largest absolute Gasteiger partial charge is 0.493 e. The zero-order valence-corrected chi connectivity index (χ0v) is 35.5. The van der Waals surface area contributed by atoms with Crippen LogP contribution in [0.15, 0.2) is 170 Å². The first-order chi connectivity index (χ1) is 31.2. The Hall–Kier alpha value is -8.12. The molecule has 6 aromatic rings. The van der Waals surface area contributed by atoms with Gasteiger partial charge in [0.05, 0.1) is 28.4 Å². The Labute approximate surface area is 371 Å². The summed E-state index contributed by atoms with van der Waals surface area (Å²) in [4.78, 5) is 57.1. The molecule has 0 aliphatic heterocycles. The molecule has 0 amide bonds. The zero-order chi connectivity index (χ0) is 45.3. The number of methoxy groups -OCH3 is 4. The quantitative estimate of drug-likeness (QED) is 0.0436. The van der Waals surface area contributed by atoms with Crippen LogP contribution in [0.3, 0.4) is 0 Å². The van der Waals surface area contributed by atoms with E-state index in [1.165, 1.54) is 40.6 Å². The van der Waals surface area contributed by atoms with E-state index in [0.29, 0.717) is 56.4 Å². The third-order valence-electron chi connectivity index (χ3n) is 9.74. The van der Waals surface area contributed by atoms with Gasteiger partial charge in [-0.15, -0.1) is 0 Å². The molecule has 0 heterocycles. The molecular weight excluding hydrogens is 817 g/mol. The second-order valence-corrected chi connectivity index (χ2v) is 13.9. The van der Waals surface area contributed by atoms with Crippen LogP contribution in [0.2, 0.25) is 0 Å². The van der Waals surface area contributed by atoms with Crippen molar-refractivity contribution in [3.8, 4) is 23.0 Å². The predicted molar refractivity (Wildman–Crippen MR) is 239 cm³/mol. The van der Waals surface area contributed by atoms with Crippen molar-refractivity contribution in [3.63, 3.8) is 0 Å². The Morgan fingerprint density at radius 1 is 0.375 bits per heavy atom. The number of hydrogen-bond donors (Lipinski definition) is 0. The van der Waals surface area contributed by atoms with Gasteiger partial charge in [0.2, 0.25) is 12.2 Å². The number of carbonyl (C=O) groups excluding carboxylic acids is 4. The van der Waals surface area contributed by atoms with E-state index < -0.39 is 48.3 Å². The van der Waals surface area contributed by atoms with Crippen LogP contribution in [0.4, 0.5) is 0 Å². The third-order valence-corrected chi connectivity index (χ3v) is 9.74. The highest BCUT2D eigenvalue weighted by Gasteiger charge is 2.44. The molecule has 64 heavy (non-hydrogen) atoms. The Bertz CT molecular complexity index is 2280. The van der Waals surface area contributed by atoms with Crippen molar-refractivity contribution >= 4 is 36.0 Å². The summed E-state index contributed by atoms with van der Waals surface area (Å²) in [6.07, 6.45) is -1.57. The maximum Gasteiger partial charge on any atom is 0.353 e. The van der Waals surface area contributed by atoms with E-state index in [4.69, 9.17) is 37.9 Å². The second-order valence-electron chi connectivity index (χ2n) is 13.9. The molecule has 0 saturated carbocycles.